The van der Waals surface area contributed by atoms with Gasteiger partial charge in [0.05, 0.1) is 5.92 Å². The zero-order chi connectivity index (χ0) is 13.2. The highest BCUT2D eigenvalue weighted by Gasteiger charge is 2.33. The number of amides is 1. The molecule has 1 aliphatic heterocycles. The first-order valence-corrected chi connectivity index (χ1v) is 6.25. The van der Waals surface area contributed by atoms with Gasteiger partial charge in [0.2, 0.25) is 5.91 Å². The van der Waals surface area contributed by atoms with Gasteiger partial charge in [-0.15, -0.1) is 0 Å². The maximum absolute atomic E-state index is 12.2. The summed E-state index contributed by atoms with van der Waals surface area (Å²) in [5.41, 5.74) is -0.0409. The number of aliphatic carboxylic acids is 1. The zero-order valence-electron chi connectivity index (χ0n) is 11.2. The van der Waals surface area contributed by atoms with Gasteiger partial charge in [-0.2, -0.15) is 0 Å². The summed E-state index contributed by atoms with van der Waals surface area (Å²) in [5, 5.41) is 8.90. The fourth-order valence-corrected chi connectivity index (χ4v) is 1.99. The molecule has 4 heteroatoms. The van der Waals surface area contributed by atoms with Crippen molar-refractivity contribution in [3.8, 4) is 0 Å². The van der Waals surface area contributed by atoms with Gasteiger partial charge in [-0.25, -0.2) is 0 Å². The zero-order valence-corrected chi connectivity index (χ0v) is 11.2. The molecule has 1 atom stereocenters. The number of nitrogens with zero attached hydrogens (tertiary/aromatic N) is 1. The lowest BCUT2D eigenvalue weighted by molar-refractivity contribution is -0.147. The van der Waals surface area contributed by atoms with Crippen molar-refractivity contribution in [2.24, 2.45) is 17.3 Å². The maximum atomic E-state index is 12.2. The van der Waals surface area contributed by atoms with Crippen molar-refractivity contribution in [1.82, 2.24) is 4.90 Å². The summed E-state index contributed by atoms with van der Waals surface area (Å²) in [5.74, 6) is -0.879. The Morgan fingerprint density at radius 2 is 1.71 bits per heavy atom. The monoisotopic (exact) mass is 241 g/mol. The molecule has 0 bridgehead atoms. The van der Waals surface area contributed by atoms with Crippen LogP contribution in [0.1, 0.15) is 40.5 Å². The molecular weight excluding hydrogens is 218 g/mol. The number of hydrogen-bond acceptors (Lipinski definition) is 2. The first-order valence-electron chi connectivity index (χ1n) is 6.25. The molecule has 0 saturated carbocycles. The van der Waals surface area contributed by atoms with Crippen LogP contribution in [0.15, 0.2) is 0 Å². The van der Waals surface area contributed by atoms with E-state index in [0.717, 1.165) is 0 Å². The topological polar surface area (TPSA) is 57.6 Å². The molecular formula is C13H23NO3. The summed E-state index contributed by atoms with van der Waals surface area (Å²) in [6.07, 6.45) is 1.16. The summed E-state index contributed by atoms with van der Waals surface area (Å²) in [6.45, 7) is 9.27. The minimum Gasteiger partial charge on any atom is -0.481 e. The molecule has 1 aliphatic rings. The van der Waals surface area contributed by atoms with Crippen LogP contribution in [0, 0.1) is 17.3 Å². The van der Waals surface area contributed by atoms with Crippen LogP contribution in [0.3, 0.4) is 0 Å². The van der Waals surface area contributed by atoms with Crippen LogP contribution in [-0.2, 0) is 9.59 Å². The molecule has 1 heterocycles. The second kappa shape index (κ2) is 5.07. The van der Waals surface area contributed by atoms with Crippen LogP contribution >= 0.6 is 0 Å². The molecule has 0 aromatic carbocycles. The molecule has 0 spiro atoms. The summed E-state index contributed by atoms with van der Waals surface area (Å²) in [4.78, 5) is 24.8. The Bertz CT molecular complexity index is 298. The molecule has 1 N–H and O–H groups in total. The Morgan fingerprint density at radius 1 is 1.24 bits per heavy atom. The summed E-state index contributed by atoms with van der Waals surface area (Å²) in [6, 6.07) is 0. The Morgan fingerprint density at radius 3 is 2.06 bits per heavy atom. The van der Waals surface area contributed by atoms with Crippen LogP contribution in [-0.4, -0.2) is 35.0 Å². The van der Waals surface area contributed by atoms with Gasteiger partial charge in [-0.1, -0.05) is 27.7 Å². The molecule has 0 aromatic rings. The largest absolute Gasteiger partial charge is 0.481 e. The third-order valence-corrected chi connectivity index (χ3v) is 3.83. The lowest BCUT2D eigenvalue weighted by Crippen LogP contribution is -2.45. The highest BCUT2D eigenvalue weighted by Crippen LogP contribution is 2.28. The minimum atomic E-state index is -0.735. The second-order valence-corrected chi connectivity index (χ2v) is 6.03. The van der Waals surface area contributed by atoms with Gasteiger partial charge in [0.1, 0.15) is 0 Å². The molecule has 1 fully saturated rings. The van der Waals surface area contributed by atoms with Crippen LogP contribution in [0.5, 0.6) is 0 Å². The van der Waals surface area contributed by atoms with Crippen molar-refractivity contribution in [2.75, 3.05) is 13.1 Å². The smallest absolute Gasteiger partial charge is 0.306 e. The SMILES string of the molecule is CC(C(=O)N1CCC(C(=O)O)CC1)C(C)(C)C. The third kappa shape index (κ3) is 3.45. The normalized spacial score (nSPS) is 20.1. The first kappa shape index (κ1) is 14.0. The first-order chi connectivity index (χ1) is 7.73. The van der Waals surface area contributed by atoms with Crippen molar-refractivity contribution >= 4 is 11.9 Å². The molecule has 1 unspecified atom stereocenters. The number of carboxylic acids is 1. The second-order valence-electron chi connectivity index (χ2n) is 6.03. The lowest BCUT2D eigenvalue weighted by Gasteiger charge is -2.35. The number of carboxylic acid groups (broad SMARTS) is 1. The third-order valence-electron chi connectivity index (χ3n) is 3.83. The van der Waals surface area contributed by atoms with E-state index in [4.69, 9.17) is 5.11 Å². The molecule has 0 aromatic heterocycles. The number of piperidine rings is 1. The van der Waals surface area contributed by atoms with Crippen molar-refractivity contribution in [3.63, 3.8) is 0 Å². The quantitative estimate of drug-likeness (QED) is 0.804. The maximum Gasteiger partial charge on any atom is 0.306 e. The Balaban J connectivity index is 2.55. The van der Waals surface area contributed by atoms with Crippen LogP contribution in [0.25, 0.3) is 0 Å². The highest BCUT2D eigenvalue weighted by molar-refractivity contribution is 5.79. The standard InChI is InChI=1S/C13H23NO3/c1-9(13(2,3)4)11(15)14-7-5-10(6-8-14)12(16)17/h9-10H,5-8H2,1-4H3,(H,16,17). The fraction of sp³-hybridized carbons (Fsp3) is 0.846. The van der Waals surface area contributed by atoms with Gasteiger partial charge >= 0.3 is 5.97 Å². The van der Waals surface area contributed by atoms with Gasteiger partial charge < -0.3 is 10.0 Å². The van der Waals surface area contributed by atoms with E-state index in [2.05, 4.69) is 20.8 Å². The molecule has 17 heavy (non-hydrogen) atoms. The Labute approximate surface area is 103 Å². The summed E-state index contributed by atoms with van der Waals surface area (Å²) < 4.78 is 0. The minimum absolute atomic E-state index is 0.0242. The van der Waals surface area contributed by atoms with Gasteiger partial charge in [-0.3, -0.25) is 9.59 Å². The van der Waals surface area contributed by atoms with E-state index in [1.54, 1.807) is 0 Å². The summed E-state index contributed by atoms with van der Waals surface area (Å²) >= 11 is 0. The molecule has 4 nitrogen and oxygen atoms in total. The van der Waals surface area contributed by atoms with Gasteiger partial charge in [0.25, 0.3) is 0 Å². The molecule has 0 aliphatic carbocycles. The highest BCUT2D eigenvalue weighted by atomic mass is 16.4. The predicted octanol–water partition coefficient (Wildman–Crippen LogP) is 1.99. The molecule has 98 valence electrons. The fourth-order valence-electron chi connectivity index (χ4n) is 1.99. The Kier molecular flexibility index (Phi) is 4.17. The van der Waals surface area contributed by atoms with Gasteiger partial charge in [0.15, 0.2) is 0 Å². The number of likely N-dealkylation sites (tertiary alicyclic amines) is 1. The summed E-state index contributed by atoms with van der Waals surface area (Å²) in [7, 11) is 0. The van der Waals surface area contributed by atoms with Crippen molar-refractivity contribution in [2.45, 2.75) is 40.5 Å². The van der Waals surface area contributed by atoms with Crippen LogP contribution < -0.4 is 0 Å². The van der Waals surface area contributed by atoms with E-state index in [9.17, 15) is 9.59 Å². The van der Waals surface area contributed by atoms with Crippen LogP contribution in [0.2, 0.25) is 0 Å². The van der Waals surface area contributed by atoms with E-state index in [-0.39, 0.29) is 23.2 Å². The molecule has 0 radical (unpaired) electrons. The van der Waals surface area contributed by atoms with Gasteiger partial charge in [0, 0.05) is 19.0 Å². The molecule has 1 amide bonds. The average molecular weight is 241 g/mol. The van der Waals surface area contributed by atoms with Crippen molar-refractivity contribution in [1.29, 1.82) is 0 Å². The van der Waals surface area contributed by atoms with Crippen molar-refractivity contribution < 1.29 is 14.7 Å². The molecule has 1 saturated heterocycles. The lowest BCUT2D eigenvalue weighted by atomic mass is 9.81. The number of rotatable bonds is 2. The number of carbonyl (C=O) groups excluding carboxylic acids is 1. The predicted molar refractivity (Wildman–Crippen MR) is 65.6 cm³/mol. The van der Waals surface area contributed by atoms with E-state index in [0.29, 0.717) is 25.9 Å². The average Bonchev–Trinajstić information content (AvgIpc) is 2.26. The van der Waals surface area contributed by atoms with E-state index < -0.39 is 5.97 Å². The van der Waals surface area contributed by atoms with Crippen LogP contribution in [0.4, 0.5) is 0 Å². The molecule has 1 rings (SSSR count). The van der Waals surface area contributed by atoms with Crippen molar-refractivity contribution in [3.05, 3.63) is 0 Å². The Hall–Kier alpha value is -1.06. The number of hydrogen-bond donors (Lipinski definition) is 1. The van der Waals surface area contributed by atoms with E-state index in [1.165, 1.54) is 0 Å². The van der Waals surface area contributed by atoms with E-state index in [1.807, 2.05) is 11.8 Å². The van der Waals surface area contributed by atoms with E-state index >= 15 is 0 Å². The van der Waals surface area contributed by atoms with Gasteiger partial charge in [-0.05, 0) is 18.3 Å². The number of carbonyl (C=O) groups is 2.